The fourth-order valence-electron chi connectivity index (χ4n) is 3.41. The smallest absolute Gasteiger partial charge is 0.352 e. The third-order valence-corrected chi connectivity index (χ3v) is 5.76. The van der Waals surface area contributed by atoms with Crippen LogP contribution in [0.5, 0.6) is 0 Å². The van der Waals surface area contributed by atoms with Gasteiger partial charge in [-0.1, -0.05) is 0 Å². The number of hydrogen-bond acceptors (Lipinski definition) is 5. The zero-order chi connectivity index (χ0) is 22.4. The molecular weight excluding hydrogens is 446 g/mol. The topological polar surface area (TPSA) is 49.3 Å². The number of aromatic nitrogens is 2. The Morgan fingerprint density at radius 3 is 2.10 bits per heavy atom. The number of fused-ring (bicyclic) bond motifs is 1. The number of hydrogen-bond donors (Lipinski definition) is 0. The van der Waals surface area contributed by atoms with Crippen molar-refractivity contribution in [1.29, 1.82) is 0 Å². The van der Waals surface area contributed by atoms with E-state index in [0.29, 0.717) is 31.0 Å². The summed E-state index contributed by atoms with van der Waals surface area (Å²) in [5, 5.41) is 2.72. The third kappa shape index (κ3) is 4.29. The van der Waals surface area contributed by atoms with E-state index < -0.39 is 35.0 Å². The molecule has 164 valence electrons. The van der Waals surface area contributed by atoms with Gasteiger partial charge in [0.15, 0.2) is 0 Å². The largest absolute Gasteiger partial charge is 0.416 e. The van der Waals surface area contributed by atoms with E-state index in [-0.39, 0.29) is 19.2 Å². The number of piperazine rings is 1. The lowest BCUT2D eigenvalue weighted by Crippen LogP contribution is -2.49. The van der Waals surface area contributed by atoms with Crippen molar-refractivity contribution in [3.05, 3.63) is 52.7 Å². The van der Waals surface area contributed by atoms with Crippen LogP contribution < -0.4 is 4.90 Å². The molecule has 1 saturated heterocycles. The van der Waals surface area contributed by atoms with Gasteiger partial charge in [0.2, 0.25) is 0 Å². The maximum atomic E-state index is 13.1. The highest BCUT2D eigenvalue weighted by Crippen LogP contribution is 2.36. The van der Waals surface area contributed by atoms with E-state index in [1.807, 2.05) is 16.3 Å². The highest BCUT2D eigenvalue weighted by atomic mass is 32.1. The first-order chi connectivity index (χ1) is 14.5. The average Bonchev–Trinajstić information content (AvgIpc) is 3.21. The van der Waals surface area contributed by atoms with Crippen LogP contribution in [-0.4, -0.2) is 47.0 Å². The van der Waals surface area contributed by atoms with Crippen LogP contribution in [0.1, 0.15) is 21.5 Å². The molecule has 1 amide bonds. The van der Waals surface area contributed by atoms with E-state index in [9.17, 15) is 31.1 Å². The average molecular weight is 460 g/mol. The number of anilines is 1. The van der Waals surface area contributed by atoms with E-state index in [0.717, 1.165) is 10.2 Å². The van der Waals surface area contributed by atoms with Crippen molar-refractivity contribution in [3.63, 3.8) is 0 Å². The number of thiophene rings is 1. The zero-order valence-electron chi connectivity index (χ0n) is 15.7. The molecule has 1 fully saturated rings. The Hall–Kier alpha value is -2.89. The Labute approximate surface area is 175 Å². The fraction of sp³-hybridized carbons (Fsp3) is 0.316. The van der Waals surface area contributed by atoms with Gasteiger partial charge in [0.25, 0.3) is 5.91 Å². The summed E-state index contributed by atoms with van der Waals surface area (Å²) < 4.78 is 78.4. The molecule has 2 aromatic heterocycles. The predicted octanol–water partition coefficient (Wildman–Crippen LogP) is 4.69. The molecule has 3 heterocycles. The quantitative estimate of drug-likeness (QED) is 0.521. The van der Waals surface area contributed by atoms with Gasteiger partial charge in [-0.2, -0.15) is 26.3 Å². The van der Waals surface area contributed by atoms with Crippen molar-refractivity contribution < 1.29 is 31.1 Å². The minimum Gasteiger partial charge on any atom is -0.352 e. The molecule has 4 rings (SSSR count). The first kappa shape index (κ1) is 21.3. The minimum absolute atomic E-state index is 0.00985. The molecule has 0 spiro atoms. The molecule has 3 aromatic rings. The summed E-state index contributed by atoms with van der Waals surface area (Å²) in [4.78, 5) is 25.1. The second-order valence-electron chi connectivity index (χ2n) is 6.91. The maximum Gasteiger partial charge on any atom is 0.416 e. The van der Waals surface area contributed by atoms with Crippen molar-refractivity contribution in [1.82, 2.24) is 14.9 Å². The fourth-order valence-corrected chi connectivity index (χ4v) is 4.14. The van der Waals surface area contributed by atoms with Crippen LogP contribution in [0.25, 0.3) is 10.2 Å². The summed E-state index contributed by atoms with van der Waals surface area (Å²) in [6.45, 7) is 0.926. The predicted molar refractivity (Wildman–Crippen MR) is 102 cm³/mol. The van der Waals surface area contributed by atoms with Crippen LogP contribution in [-0.2, 0) is 12.4 Å². The van der Waals surface area contributed by atoms with Gasteiger partial charge in [-0.25, -0.2) is 9.97 Å². The monoisotopic (exact) mass is 460 g/mol. The summed E-state index contributed by atoms with van der Waals surface area (Å²) >= 11 is 1.45. The van der Waals surface area contributed by atoms with Crippen LogP contribution in [0.15, 0.2) is 36.0 Å². The maximum absolute atomic E-state index is 13.1. The summed E-state index contributed by atoms with van der Waals surface area (Å²) in [6, 6.07) is 2.80. The first-order valence-electron chi connectivity index (χ1n) is 9.06. The standard InChI is InChI=1S/C19H14F6N4OS/c20-18(21,22)12-7-11(8-13(9-12)19(23,24)25)17(30)29-4-2-28(3-5-29)15-14-1-6-31-16(14)27-10-26-15/h1,6-10H,2-5H2. The van der Waals surface area contributed by atoms with Gasteiger partial charge < -0.3 is 9.80 Å². The summed E-state index contributed by atoms with van der Waals surface area (Å²) in [5.41, 5.74) is -3.66. The number of carbonyl (C=O) groups excluding carboxylic acids is 1. The third-order valence-electron chi connectivity index (χ3n) is 4.94. The molecule has 5 nitrogen and oxygen atoms in total. The lowest BCUT2D eigenvalue weighted by molar-refractivity contribution is -0.143. The van der Waals surface area contributed by atoms with E-state index in [1.54, 1.807) is 0 Å². The SMILES string of the molecule is O=C(c1cc(C(F)(F)F)cc(C(F)(F)F)c1)N1CCN(c2ncnc3sccc23)CC1. The lowest BCUT2D eigenvalue weighted by Gasteiger charge is -2.35. The van der Waals surface area contributed by atoms with E-state index in [2.05, 4.69) is 9.97 Å². The second kappa shape index (κ2) is 7.66. The molecular formula is C19H14F6N4OS. The highest BCUT2D eigenvalue weighted by Gasteiger charge is 2.38. The van der Waals surface area contributed by atoms with Gasteiger partial charge in [0, 0.05) is 31.7 Å². The Balaban J connectivity index is 1.55. The van der Waals surface area contributed by atoms with Crippen molar-refractivity contribution in [2.45, 2.75) is 12.4 Å². The van der Waals surface area contributed by atoms with Crippen molar-refractivity contribution in [2.75, 3.05) is 31.1 Å². The Morgan fingerprint density at radius 2 is 1.52 bits per heavy atom. The molecule has 0 aliphatic carbocycles. The molecule has 12 heteroatoms. The van der Waals surface area contributed by atoms with Gasteiger partial charge >= 0.3 is 12.4 Å². The number of halogens is 6. The van der Waals surface area contributed by atoms with Gasteiger partial charge in [-0.15, -0.1) is 11.3 Å². The number of nitrogens with zero attached hydrogens (tertiary/aromatic N) is 4. The minimum atomic E-state index is -5.01. The molecule has 0 N–H and O–H groups in total. The lowest BCUT2D eigenvalue weighted by atomic mass is 10.0. The number of rotatable bonds is 2. The first-order valence-corrected chi connectivity index (χ1v) is 9.94. The van der Waals surface area contributed by atoms with E-state index in [4.69, 9.17) is 0 Å². The van der Waals surface area contributed by atoms with Crippen LogP contribution in [0.2, 0.25) is 0 Å². The number of carbonyl (C=O) groups is 1. The second-order valence-corrected chi connectivity index (χ2v) is 7.81. The van der Waals surface area contributed by atoms with E-state index >= 15 is 0 Å². The summed E-state index contributed by atoms with van der Waals surface area (Å²) in [6.07, 6.45) is -8.59. The molecule has 31 heavy (non-hydrogen) atoms. The molecule has 0 radical (unpaired) electrons. The number of alkyl halides is 6. The zero-order valence-corrected chi connectivity index (χ0v) is 16.5. The van der Waals surface area contributed by atoms with Crippen LogP contribution in [0.4, 0.5) is 32.2 Å². The van der Waals surface area contributed by atoms with Gasteiger partial charge in [0.05, 0.1) is 16.5 Å². The number of amides is 1. The van der Waals surface area contributed by atoms with Gasteiger partial charge in [-0.05, 0) is 29.6 Å². The molecule has 0 unspecified atom stereocenters. The Morgan fingerprint density at radius 1 is 0.903 bits per heavy atom. The van der Waals surface area contributed by atoms with Gasteiger partial charge in [-0.3, -0.25) is 4.79 Å². The molecule has 0 saturated carbocycles. The normalized spacial score (nSPS) is 15.5. The Bertz CT molecular complexity index is 1090. The number of benzene rings is 1. The molecule has 0 atom stereocenters. The summed E-state index contributed by atoms with van der Waals surface area (Å²) in [7, 11) is 0. The molecule has 1 aliphatic rings. The molecule has 0 bridgehead atoms. The summed E-state index contributed by atoms with van der Waals surface area (Å²) in [5.74, 6) is -0.198. The highest BCUT2D eigenvalue weighted by molar-refractivity contribution is 7.16. The van der Waals surface area contributed by atoms with Crippen LogP contribution in [0, 0.1) is 0 Å². The Kier molecular flexibility index (Phi) is 5.28. The molecule has 1 aliphatic heterocycles. The van der Waals surface area contributed by atoms with Crippen LogP contribution in [0.3, 0.4) is 0 Å². The van der Waals surface area contributed by atoms with Gasteiger partial charge in [0.1, 0.15) is 17.0 Å². The molecule has 1 aromatic carbocycles. The van der Waals surface area contributed by atoms with Crippen LogP contribution >= 0.6 is 11.3 Å². The van der Waals surface area contributed by atoms with E-state index in [1.165, 1.54) is 22.6 Å². The van der Waals surface area contributed by atoms with Crippen molar-refractivity contribution in [2.24, 2.45) is 0 Å². The van der Waals surface area contributed by atoms with Crippen molar-refractivity contribution in [3.8, 4) is 0 Å². The van der Waals surface area contributed by atoms with Crippen molar-refractivity contribution >= 4 is 33.3 Å².